The van der Waals surface area contributed by atoms with E-state index in [0.29, 0.717) is 31.5 Å². The smallest absolute Gasteiger partial charge is 0.214 e. The minimum atomic E-state index is -3.00. The van der Waals surface area contributed by atoms with Crippen LogP contribution in [-0.2, 0) is 10.0 Å². The predicted octanol–water partition coefficient (Wildman–Crippen LogP) is 1.44. The lowest BCUT2D eigenvalue weighted by Crippen LogP contribution is -2.50. The molecule has 102 valence electrons. The van der Waals surface area contributed by atoms with E-state index in [1.54, 1.807) is 4.31 Å². The number of nitrogens with zero attached hydrogens (tertiary/aromatic N) is 1. The highest BCUT2D eigenvalue weighted by Gasteiger charge is 2.31. The molecule has 1 saturated heterocycles. The molecular weight excluding hydrogens is 236 g/mol. The second kappa shape index (κ2) is 6.71. The summed E-state index contributed by atoms with van der Waals surface area (Å²) in [7, 11) is -3.00. The van der Waals surface area contributed by atoms with Crippen LogP contribution in [0, 0.1) is 5.92 Å². The van der Waals surface area contributed by atoms with E-state index in [-0.39, 0.29) is 5.75 Å². The van der Waals surface area contributed by atoms with E-state index in [0.717, 1.165) is 19.4 Å². The largest absolute Gasteiger partial charge is 0.314 e. The van der Waals surface area contributed by atoms with Crippen molar-refractivity contribution in [1.29, 1.82) is 0 Å². The zero-order chi connectivity index (χ0) is 12.9. The maximum atomic E-state index is 12.0. The summed E-state index contributed by atoms with van der Waals surface area (Å²) in [6.45, 7) is 8.57. The van der Waals surface area contributed by atoms with Gasteiger partial charge in [-0.15, -0.1) is 0 Å². The molecule has 1 rings (SSSR count). The Morgan fingerprint density at radius 1 is 1.29 bits per heavy atom. The molecule has 0 aromatic heterocycles. The van der Waals surface area contributed by atoms with Crippen molar-refractivity contribution in [3.8, 4) is 0 Å². The zero-order valence-corrected chi connectivity index (χ0v) is 12.1. The van der Waals surface area contributed by atoms with Gasteiger partial charge in [0.25, 0.3) is 0 Å². The highest BCUT2D eigenvalue weighted by atomic mass is 32.2. The molecule has 1 aliphatic rings. The third-order valence-corrected chi connectivity index (χ3v) is 5.42. The fraction of sp³-hybridized carbons (Fsp3) is 1.00. The topological polar surface area (TPSA) is 49.4 Å². The molecule has 0 saturated carbocycles. The Hall–Kier alpha value is -0.130. The number of piperidine rings is 1. The SMILES string of the molecule is CCCNC1CCN(S(=O)(=O)CCC)CC1C. The molecule has 0 aromatic carbocycles. The molecule has 0 spiro atoms. The van der Waals surface area contributed by atoms with Crippen LogP contribution in [0.25, 0.3) is 0 Å². The van der Waals surface area contributed by atoms with Gasteiger partial charge in [0.15, 0.2) is 0 Å². The Labute approximate surface area is 106 Å². The van der Waals surface area contributed by atoms with Crippen LogP contribution in [0.1, 0.15) is 40.0 Å². The third-order valence-electron chi connectivity index (χ3n) is 3.38. The van der Waals surface area contributed by atoms with Gasteiger partial charge in [0.2, 0.25) is 10.0 Å². The highest BCUT2D eigenvalue weighted by Crippen LogP contribution is 2.20. The van der Waals surface area contributed by atoms with E-state index < -0.39 is 10.0 Å². The summed E-state index contributed by atoms with van der Waals surface area (Å²) in [5.74, 6) is 0.689. The summed E-state index contributed by atoms with van der Waals surface area (Å²) in [4.78, 5) is 0. The van der Waals surface area contributed by atoms with Crippen molar-refractivity contribution in [2.24, 2.45) is 5.92 Å². The van der Waals surface area contributed by atoms with Gasteiger partial charge < -0.3 is 5.32 Å². The first-order valence-corrected chi connectivity index (χ1v) is 8.33. The van der Waals surface area contributed by atoms with Crippen LogP contribution < -0.4 is 5.32 Å². The van der Waals surface area contributed by atoms with Gasteiger partial charge in [0.05, 0.1) is 5.75 Å². The predicted molar refractivity (Wildman–Crippen MR) is 71.5 cm³/mol. The molecule has 2 unspecified atom stereocenters. The Morgan fingerprint density at radius 2 is 2.00 bits per heavy atom. The maximum Gasteiger partial charge on any atom is 0.214 e. The average Bonchev–Trinajstić information content (AvgIpc) is 2.27. The Kier molecular flexibility index (Phi) is 5.89. The van der Waals surface area contributed by atoms with Crippen molar-refractivity contribution in [1.82, 2.24) is 9.62 Å². The van der Waals surface area contributed by atoms with Crippen molar-refractivity contribution in [3.05, 3.63) is 0 Å². The second-order valence-corrected chi connectivity index (χ2v) is 7.09. The zero-order valence-electron chi connectivity index (χ0n) is 11.3. The van der Waals surface area contributed by atoms with Crippen LogP contribution in [0.5, 0.6) is 0 Å². The van der Waals surface area contributed by atoms with Crippen LogP contribution in [0.15, 0.2) is 0 Å². The van der Waals surface area contributed by atoms with Gasteiger partial charge in [-0.2, -0.15) is 0 Å². The van der Waals surface area contributed by atoms with Crippen LogP contribution in [-0.4, -0.2) is 44.2 Å². The number of hydrogen-bond acceptors (Lipinski definition) is 3. The normalized spacial score (nSPS) is 27.2. The third kappa shape index (κ3) is 4.23. The molecule has 0 amide bonds. The molecule has 0 aliphatic carbocycles. The number of sulfonamides is 1. The summed E-state index contributed by atoms with van der Waals surface area (Å²) in [6, 6.07) is 0.475. The molecule has 1 heterocycles. The Morgan fingerprint density at radius 3 is 2.53 bits per heavy atom. The summed E-state index contributed by atoms with van der Waals surface area (Å²) >= 11 is 0. The summed E-state index contributed by atoms with van der Waals surface area (Å²) < 4.78 is 25.6. The van der Waals surface area contributed by atoms with Crippen molar-refractivity contribution in [2.75, 3.05) is 25.4 Å². The van der Waals surface area contributed by atoms with E-state index >= 15 is 0 Å². The molecule has 0 radical (unpaired) electrons. The van der Waals surface area contributed by atoms with E-state index in [2.05, 4.69) is 19.2 Å². The lowest BCUT2D eigenvalue weighted by atomic mass is 9.95. The molecule has 4 nitrogen and oxygen atoms in total. The van der Waals surface area contributed by atoms with E-state index in [4.69, 9.17) is 0 Å². The molecule has 0 aromatic rings. The van der Waals surface area contributed by atoms with Gasteiger partial charge in [-0.05, 0) is 31.7 Å². The molecule has 1 fully saturated rings. The first kappa shape index (κ1) is 14.9. The highest BCUT2D eigenvalue weighted by molar-refractivity contribution is 7.89. The van der Waals surface area contributed by atoms with Crippen molar-refractivity contribution >= 4 is 10.0 Å². The van der Waals surface area contributed by atoms with Crippen LogP contribution in [0.4, 0.5) is 0 Å². The summed E-state index contributed by atoms with van der Waals surface area (Å²) in [6.07, 6.45) is 2.76. The molecule has 1 aliphatic heterocycles. The number of nitrogens with one attached hydrogen (secondary N) is 1. The fourth-order valence-corrected chi connectivity index (χ4v) is 4.00. The van der Waals surface area contributed by atoms with Gasteiger partial charge in [-0.3, -0.25) is 0 Å². The minimum Gasteiger partial charge on any atom is -0.314 e. The summed E-state index contributed by atoms with van der Waals surface area (Å²) in [5.41, 5.74) is 0. The first-order valence-electron chi connectivity index (χ1n) is 6.72. The molecule has 1 N–H and O–H groups in total. The lowest BCUT2D eigenvalue weighted by molar-refractivity contribution is 0.220. The molecule has 5 heteroatoms. The summed E-state index contributed by atoms with van der Waals surface area (Å²) in [5, 5.41) is 3.50. The van der Waals surface area contributed by atoms with E-state index in [9.17, 15) is 8.42 Å². The van der Waals surface area contributed by atoms with Gasteiger partial charge >= 0.3 is 0 Å². The molecule has 17 heavy (non-hydrogen) atoms. The second-order valence-electron chi connectivity index (χ2n) is 5.00. The van der Waals surface area contributed by atoms with Crippen LogP contribution in [0.3, 0.4) is 0 Å². The van der Waals surface area contributed by atoms with E-state index in [1.807, 2.05) is 6.92 Å². The standard InChI is InChI=1S/C12H26N2O2S/c1-4-7-13-12-6-8-14(10-11(12)3)17(15,16)9-5-2/h11-13H,4-10H2,1-3H3. The van der Waals surface area contributed by atoms with Crippen molar-refractivity contribution in [3.63, 3.8) is 0 Å². The van der Waals surface area contributed by atoms with Gasteiger partial charge in [-0.1, -0.05) is 20.8 Å². The quantitative estimate of drug-likeness (QED) is 0.788. The van der Waals surface area contributed by atoms with Crippen LogP contribution in [0.2, 0.25) is 0 Å². The Balaban J connectivity index is 2.51. The lowest BCUT2D eigenvalue weighted by Gasteiger charge is -2.36. The number of rotatable bonds is 6. The fourth-order valence-electron chi connectivity index (χ4n) is 2.38. The van der Waals surface area contributed by atoms with Gasteiger partial charge in [-0.25, -0.2) is 12.7 Å². The van der Waals surface area contributed by atoms with Gasteiger partial charge in [0.1, 0.15) is 0 Å². The molecule has 0 bridgehead atoms. The molecular formula is C12H26N2O2S. The molecule has 2 atom stereocenters. The van der Waals surface area contributed by atoms with E-state index in [1.165, 1.54) is 0 Å². The Bertz CT molecular complexity index is 316. The average molecular weight is 262 g/mol. The first-order chi connectivity index (χ1) is 8.01. The number of hydrogen-bond donors (Lipinski definition) is 1. The van der Waals surface area contributed by atoms with Crippen molar-refractivity contribution in [2.45, 2.75) is 46.1 Å². The minimum absolute atomic E-state index is 0.284. The van der Waals surface area contributed by atoms with Crippen molar-refractivity contribution < 1.29 is 8.42 Å². The monoisotopic (exact) mass is 262 g/mol. The van der Waals surface area contributed by atoms with Crippen LogP contribution >= 0.6 is 0 Å². The van der Waals surface area contributed by atoms with Gasteiger partial charge in [0, 0.05) is 19.1 Å². The maximum absolute atomic E-state index is 12.0.